The molecule has 0 spiro atoms. The lowest BCUT2D eigenvalue weighted by atomic mass is 10.2. The minimum absolute atomic E-state index is 0.0520. The molecule has 0 heterocycles. The summed E-state index contributed by atoms with van der Waals surface area (Å²) in [5, 5.41) is 6.31. The average molecular weight is 329 g/mol. The summed E-state index contributed by atoms with van der Waals surface area (Å²) in [5.41, 5.74) is 0.996. The highest BCUT2D eigenvalue weighted by molar-refractivity contribution is 6.33. The number of esters is 1. The van der Waals surface area contributed by atoms with Crippen LogP contribution in [0.4, 0.5) is 5.69 Å². The van der Waals surface area contributed by atoms with Crippen molar-refractivity contribution < 1.29 is 19.1 Å². The zero-order valence-electron chi connectivity index (χ0n) is 12.8. The van der Waals surface area contributed by atoms with E-state index in [1.165, 1.54) is 7.11 Å². The fraction of sp³-hybridized carbons (Fsp3) is 0.467. The zero-order chi connectivity index (χ0) is 16.4. The molecule has 0 aliphatic heterocycles. The van der Waals surface area contributed by atoms with Crippen LogP contribution >= 0.6 is 11.6 Å². The number of nitrogens with one attached hydrogen (secondary N) is 2. The first-order valence-electron chi connectivity index (χ1n) is 6.96. The molecule has 0 radical (unpaired) electrons. The third-order valence-electron chi connectivity index (χ3n) is 2.90. The lowest BCUT2D eigenvalue weighted by Crippen LogP contribution is -2.26. The minimum atomic E-state index is -0.435. The fourth-order valence-corrected chi connectivity index (χ4v) is 1.93. The fourth-order valence-electron chi connectivity index (χ4n) is 1.75. The summed E-state index contributed by atoms with van der Waals surface area (Å²) in [7, 11) is 2.94. The number of methoxy groups -OCH3 is 2. The van der Waals surface area contributed by atoms with Gasteiger partial charge in [0.15, 0.2) is 0 Å². The maximum atomic E-state index is 11.6. The summed E-state index contributed by atoms with van der Waals surface area (Å²) in [6.07, 6.45) is 1.09. The molecule has 7 heteroatoms. The Morgan fingerprint density at radius 2 is 2.00 bits per heavy atom. The third-order valence-corrected chi connectivity index (χ3v) is 3.23. The summed E-state index contributed by atoms with van der Waals surface area (Å²) in [5.74, 6) is -0.487. The van der Waals surface area contributed by atoms with Gasteiger partial charge in [-0.1, -0.05) is 11.6 Å². The van der Waals surface area contributed by atoms with Gasteiger partial charge in [-0.2, -0.15) is 0 Å². The SMILES string of the molecule is COCCCNC(=O)CCNc1cc(C(=O)OC)ccc1Cl. The molecule has 0 saturated carbocycles. The van der Waals surface area contributed by atoms with E-state index in [0.717, 1.165) is 6.42 Å². The second kappa shape index (κ2) is 10.0. The lowest BCUT2D eigenvalue weighted by Gasteiger charge is -2.10. The summed E-state index contributed by atoms with van der Waals surface area (Å²) in [6.45, 7) is 1.63. The predicted octanol–water partition coefficient (Wildman–Crippen LogP) is 2.08. The molecule has 0 fully saturated rings. The van der Waals surface area contributed by atoms with Crippen molar-refractivity contribution in [1.82, 2.24) is 5.32 Å². The van der Waals surface area contributed by atoms with E-state index >= 15 is 0 Å². The first-order valence-corrected chi connectivity index (χ1v) is 7.33. The number of hydrogen-bond donors (Lipinski definition) is 2. The second-order valence-corrected chi connectivity index (χ2v) is 4.97. The number of amides is 1. The molecule has 1 rings (SSSR count). The second-order valence-electron chi connectivity index (χ2n) is 4.56. The Morgan fingerprint density at radius 3 is 2.68 bits per heavy atom. The van der Waals surface area contributed by atoms with Crippen LogP contribution in [0, 0.1) is 0 Å². The average Bonchev–Trinajstić information content (AvgIpc) is 2.52. The number of benzene rings is 1. The first-order chi connectivity index (χ1) is 10.6. The Kier molecular flexibility index (Phi) is 8.32. The van der Waals surface area contributed by atoms with Crippen LogP contribution in [0.25, 0.3) is 0 Å². The molecule has 0 aliphatic carbocycles. The van der Waals surface area contributed by atoms with E-state index in [0.29, 0.717) is 42.4 Å². The van der Waals surface area contributed by atoms with Crippen LogP contribution in [0.1, 0.15) is 23.2 Å². The predicted molar refractivity (Wildman–Crippen MR) is 85.4 cm³/mol. The highest BCUT2D eigenvalue weighted by atomic mass is 35.5. The number of carbonyl (C=O) groups is 2. The largest absolute Gasteiger partial charge is 0.465 e. The van der Waals surface area contributed by atoms with Crippen molar-refractivity contribution in [2.45, 2.75) is 12.8 Å². The molecule has 0 unspecified atom stereocenters. The Morgan fingerprint density at radius 1 is 1.23 bits per heavy atom. The molecular formula is C15H21ClN2O4. The number of halogens is 1. The molecule has 1 aromatic rings. The van der Waals surface area contributed by atoms with Crippen molar-refractivity contribution in [3.05, 3.63) is 28.8 Å². The number of ether oxygens (including phenoxy) is 2. The molecular weight excluding hydrogens is 308 g/mol. The number of carbonyl (C=O) groups excluding carboxylic acids is 2. The molecule has 22 heavy (non-hydrogen) atoms. The molecule has 2 N–H and O–H groups in total. The van der Waals surface area contributed by atoms with E-state index in [2.05, 4.69) is 15.4 Å². The van der Waals surface area contributed by atoms with Crippen LogP contribution in [0.3, 0.4) is 0 Å². The van der Waals surface area contributed by atoms with E-state index in [9.17, 15) is 9.59 Å². The van der Waals surface area contributed by atoms with Crippen LogP contribution in [-0.2, 0) is 14.3 Å². The number of hydrogen-bond acceptors (Lipinski definition) is 5. The van der Waals surface area contributed by atoms with Gasteiger partial charge in [-0.05, 0) is 24.6 Å². The van der Waals surface area contributed by atoms with Crippen molar-refractivity contribution >= 4 is 29.2 Å². The van der Waals surface area contributed by atoms with Crippen molar-refractivity contribution in [1.29, 1.82) is 0 Å². The van der Waals surface area contributed by atoms with E-state index in [4.69, 9.17) is 16.3 Å². The van der Waals surface area contributed by atoms with Crippen LogP contribution < -0.4 is 10.6 Å². The van der Waals surface area contributed by atoms with Gasteiger partial charge in [0.2, 0.25) is 5.91 Å². The van der Waals surface area contributed by atoms with E-state index in [-0.39, 0.29) is 5.91 Å². The maximum absolute atomic E-state index is 11.6. The van der Waals surface area contributed by atoms with Gasteiger partial charge in [0, 0.05) is 33.2 Å². The Labute approximate surface area is 135 Å². The van der Waals surface area contributed by atoms with Crippen LogP contribution in [0.5, 0.6) is 0 Å². The Hall–Kier alpha value is -1.79. The summed E-state index contributed by atoms with van der Waals surface area (Å²) < 4.78 is 9.55. The van der Waals surface area contributed by atoms with Gasteiger partial charge in [-0.15, -0.1) is 0 Å². The van der Waals surface area contributed by atoms with Crippen molar-refractivity contribution in [2.75, 3.05) is 39.2 Å². The maximum Gasteiger partial charge on any atom is 0.337 e. The smallest absolute Gasteiger partial charge is 0.337 e. The molecule has 0 saturated heterocycles. The van der Waals surface area contributed by atoms with Gasteiger partial charge in [0.1, 0.15) is 0 Å². The van der Waals surface area contributed by atoms with Gasteiger partial charge in [0.25, 0.3) is 0 Å². The molecule has 0 aromatic heterocycles. The van der Waals surface area contributed by atoms with Gasteiger partial charge in [0.05, 0.1) is 23.4 Å². The summed E-state index contributed by atoms with van der Waals surface area (Å²) in [6, 6.07) is 4.80. The van der Waals surface area contributed by atoms with Gasteiger partial charge in [-0.25, -0.2) is 4.79 Å². The number of anilines is 1. The highest BCUT2D eigenvalue weighted by Crippen LogP contribution is 2.23. The first kappa shape index (κ1) is 18.3. The molecule has 1 amide bonds. The van der Waals surface area contributed by atoms with Crippen LogP contribution in [-0.4, -0.2) is 45.8 Å². The van der Waals surface area contributed by atoms with Crippen molar-refractivity contribution in [3.8, 4) is 0 Å². The van der Waals surface area contributed by atoms with Gasteiger partial charge >= 0.3 is 5.97 Å². The molecule has 1 aromatic carbocycles. The summed E-state index contributed by atoms with van der Waals surface area (Å²) >= 11 is 6.05. The Bertz CT molecular complexity index is 508. The minimum Gasteiger partial charge on any atom is -0.465 e. The normalized spacial score (nSPS) is 10.1. The van der Waals surface area contributed by atoms with E-state index in [1.54, 1.807) is 25.3 Å². The molecule has 6 nitrogen and oxygen atoms in total. The molecule has 122 valence electrons. The molecule has 0 aliphatic rings. The van der Waals surface area contributed by atoms with E-state index < -0.39 is 5.97 Å². The van der Waals surface area contributed by atoms with Crippen molar-refractivity contribution in [3.63, 3.8) is 0 Å². The van der Waals surface area contributed by atoms with Crippen molar-refractivity contribution in [2.24, 2.45) is 0 Å². The molecule has 0 bridgehead atoms. The highest BCUT2D eigenvalue weighted by Gasteiger charge is 2.09. The number of rotatable bonds is 9. The van der Waals surface area contributed by atoms with Gasteiger partial charge < -0.3 is 20.1 Å². The zero-order valence-corrected chi connectivity index (χ0v) is 13.5. The van der Waals surface area contributed by atoms with Crippen LogP contribution in [0.15, 0.2) is 18.2 Å². The molecule has 0 atom stereocenters. The summed E-state index contributed by atoms with van der Waals surface area (Å²) in [4.78, 5) is 23.1. The van der Waals surface area contributed by atoms with E-state index in [1.807, 2.05) is 0 Å². The standard InChI is InChI=1S/C15H21ClN2O4/c1-21-9-3-7-18-14(19)6-8-17-13-10-11(15(20)22-2)4-5-12(13)16/h4-5,10,17H,3,6-9H2,1-2H3,(H,18,19). The van der Waals surface area contributed by atoms with Gasteiger partial charge in [-0.3, -0.25) is 4.79 Å². The lowest BCUT2D eigenvalue weighted by molar-refractivity contribution is -0.120. The monoisotopic (exact) mass is 328 g/mol. The Balaban J connectivity index is 2.41. The van der Waals surface area contributed by atoms with Crippen LogP contribution in [0.2, 0.25) is 5.02 Å². The third kappa shape index (κ3) is 6.32. The quantitative estimate of drug-likeness (QED) is 0.536. The topological polar surface area (TPSA) is 76.7 Å².